The van der Waals surface area contributed by atoms with E-state index < -0.39 is 21.3 Å². The predicted molar refractivity (Wildman–Crippen MR) is 80.0 cm³/mol. The van der Waals surface area contributed by atoms with Crippen LogP contribution in [0.15, 0.2) is 24.3 Å². The second-order valence-electron chi connectivity index (χ2n) is 5.94. The van der Waals surface area contributed by atoms with Gasteiger partial charge < -0.3 is 4.74 Å². The molecule has 0 unspecified atom stereocenters. The SMILES string of the molecule is NS(=O)(=O)CC1(COc2ccccc2F)CCCCCC1. The van der Waals surface area contributed by atoms with Crippen LogP contribution < -0.4 is 9.88 Å². The van der Waals surface area contributed by atoms with Crippen LogP contribution in [0.5, 0.6) is 5.75 Å². The molecule has 0 aliphatic heterocycles. The largest absolute Gasteiger partial charge is 0.490 e. The third kappa shape index (κ3) is 4.97. The molecule has 0 bridgehead atoms. The summed E-state index contributed by atoms with van der Waals surface area (Å²) in [5.41, 5.74) is -0.508. The molecule has 0 spiro atoms. The molecule has 1 saturated carbocycles. The highest BCUT2D eigenvalue weighted by Gasteiger charge is 2.36. The molecular weight excluding hydrogens is 293 g/mol. The average molecular weight is 315 g/mol. The van der Waals surface area contributed by atoms with E-state index in [2.05, 4.69) is 0 Å². The third-order valence-corrected chi connectivity index (χ3v) is 5.06. The zero-order chi connectivity index (χ0) is 15.3. The maximum Gasteiger partial charge on any atom is 0.209 e. The third-order valence-electron chi connectivity index (χ3n) is 4.04. The zero-order valence-electron chi connectivity index (χ0n) is 12.1. The fraction of sp³-hybridized carbons (Fsp3) is 0.600. The van der Waals surface area contributed by atoms with Crippen molar-refractivity contribution in [2.75, 3.05) is 12.4 Å². The summed E-state index contributed by atoms with van der Waals surface area (Å²) in [7, 11) is -3.59. The summed E-state index contributed by atoms with van der Waals surface area (Å²) in [4.78, 5) is 0. The minimum Gasteiger partial charge on any atom is -0.490 e. The topological polar surface area (TPSA) is 69.4 Å². The first-order chi connectivity index (χ1) is 9.90. The van der Waals surface area contributed by atoms with Gasteiger partial charge in [0.25, 0.3) is 0 Å². The van der Waals surface area contributed by atoms with Gasteiger partial charge >= 0.3 is 0 Å². The van der Waals surface area contributed by atoms with Gasteiger partial charge in [0, 0.05) is 5.41 Å². The normalized spacial score (nSPS) is 19.0. The van der Waals surface area contributed by atoms with Crippen molar-refractivity contribution >= 4 is 10.0 Å². The molecule has 0 atom stereocenters. The van der Waals surface area contributed by atoms with Crippen molar-refractivity contribution in [3.8, 4) is 5.75 Å². The van der Waals surface area contributed by atoms with Crippen molar-refractivity contribution in [2.45, 2.75) is 38.5 Å². The Bertz CT molecular complexity index is 566. The molecule has 0 heterocycles. The predicted octanol–water partition coefficient (Wildman–Crippen LogP) is 2.83. The molecule has 1 aromatic rings. The summed E-state index contributed by atoms with van der Waals surface area (Å²) in [6.07, 6.45) is 5.58. The van der Waals surface area contributed by atoms with E-state index in [4.69, 9.17) is 9.88 Å². The summed E-state index contributed by atoms with van der Waals surface area (Å²) in [6, 6.07) is 6.16. The van der Waals surface area contributed by atoms with E-state index in [0.29, 0.717) is 0 Å². The fourth-order valence-electron chi connectivity index (χ4n) is 3.03. The summed E-state index contributed by atoms with van der Waals surface area (Å²) >= 11 is 0. The zero-order valence-corrected chi connectivity index (χ0v) is 12.9. The Morgan fingerprint density at radius 1 is 1.14 bits per heavy atom. The van der Waals surface area contributed by atoms with Crippen LogP contribution in [0.4, 0.5) is 4.39 Å². The number of rotatable bonds is 5. The van der Waals surface area contributed by atoms with Crippen LogP contribution in [0, 0.1) is 11.2 Å². The lowest BCUT2D eigenvalue weighted by atomic mass is 9.83. The lowest BCUT2D eigenvalue weighted by Crippen LogP contribution is -2.38. The van der Waals surface area contributed by atoms with Gasteiger partial charge in [-0.1, -0.05) is 37.8 Å². The first-order valence-corrected chi connectivity index (χ1v) is 9.00. The summed E-state index contributed by atoms with van der Waals surface area (Å²) in [5.74, 6) is -0.374. The molecule has 1 aliphatic rings. The van der Waals surface area contributed by atoms with Gasteiger partial charge in [-0.25, -0.2) is 17.9 Å². The van der Waals surface area contributed by atoms with Crippen molar-refractivity contribution in [3.05, 3.63) is 30.1 Å². The number of sulfonamides is 1. The van der Waals surface area contributed by atoms with Gasteiger partial charge in [-0.15, -0.1) is 0 Å². The van der Waals surface area contributed by atoms with Crippen molar-refractivity contribution < 1.29 is 17.5 Å². The van der Waals surface area contributed by atoms with Crippen molar-refractivity contribution in [2.24, 2.45) is 10.6 Å². The molecule has 1 fully saturated rings. The van der Waals surface area contributed by atoms with Crippen molar-refractivity contribution in [3.63, 3.8) is 0 Å². The number of hydrogen-bond donors (Lipinski definition) is 1. The minimum absolute atomic E-state index is 0.103. The van der Waals surface area contributed by atoms with E-state index in [9.17, 15) is 12.8 Å². The van der Waals surface area contributed by atoms with Gasteiger partial charge in [-0.3, -0.25) is 0 Å². The summed E-state index contributed by atoms with van der Waals surface area (Å²) < 4.78 is 42.3. The van der Waals surface area contributed by atoms with Gasteiger partial charge in [-0.2, -0.15) is 0 Å². The Labute approximate surface area is 125 Å². The first-order valence-electron chi connectivity index (χ1n) is 7.28. The molecule has 0 radical (unpaired) electrons. The van der Waals surface area contributed by atoms with Gasteiger partial charge in [0.1, 0.15) is 0 Å². The molecule has 2 rings (SSSR count). The number of benzene rings is 1. The number of ether oxygens (including phenoxy) is 1. The lowest BCUT2D eigenvalue weighted by molar-refractivity contribution is 0.141. The van der Waals surface area contributed by atoms with E-state index in [1.807, 2.05) is 0 Å². The van der Waals surface area contributed by atoms with Gasteiger partial charge in [0.2, 0.25) is 10.0 Å². The molecular formula is C15H22FNO3S. The molecule has 0 saturated heterocycles. The van der Waals surface area contributed by atoms with Crippen molar-refractivity contribution in [1.29, 1.82) is 0 Å². The first kappa shape index (κ1) is 16.2. The summed E-state index contributed by atoms with van der Waals surface area (Å²) in [6.45, 7) is 0.185. The van der Waals surface area contributed by atoms with Crippen LogP contribution in [-0.4, -0.2) is 20.8 Å². The van der Waals surface area contributed by atoms with E-state index in [0.717, 1.165) is 38.5 Å². The van der Waals surface area contributed by atoms with Crippen LogP contribution in [-0.2, 0) is 10.0 Å². The Balaban J connectivity index is 2.14. The minimum atomic E-state index is -3.59. The monoisotopic (exact) mass is 315 g/mol. The molecule has 118 valence electrons. The van der Waals surface area contributed by atoms with Gasteiger partial charge in [-0.05, 0) is 25.0 Å². The van der Waals surface area contributed by atoms with Crippen LogP contribution in [0.1, 0.15) is 38.5 Å². The quantitative estimate of drug-likeness (QED) is 0.849. The smallest absolute Gasteiger partial charge is 0.209 e. The average Bonchev–Trinajstić information content (AvgIpc) is 2.62. The van der Waals surface area contributed by atoms with Crippen LogP contribution in [0.25, 0.3) is 0 Å². The molecule has 0 aromatic heterocycles. The van der Waals surface area contributed by atoms with E-state index in [1.165, 1.54) is 6.07 Å². The van der Waals surface area contributed by atoms with Crippen LogP contribution in [0.2, 0.25) is 0 Å². The fourth-order valence-corrected chi connectivity index (χ4v) is 4.25. The Morgan fingerprint density at radius 3 is 2.33 bits per heavy atom. The maximum atomic E-state index is 13.6. The lowest BCUT2D eigenvalue weighted by Gasteiger charge is -2.31. The van der Waals surface area contributed by atoms with Crippen LogP contribution >= 0.6 is 0 Å². The number of hydrogen-bond acceptors (Lipinski definition) is 3. The van der Waals surface area contributed by atoms with Crippen LogP contribution in [0.3, 0.4) is 0 Å². The standard InChI is InChI=1S/C15H22FNO3S/c16-13-7-3-4-8-14(13)20-11-15(12-21(17,18)19)9-5-1-2-6-10-15/h3-4,7-8H,1-2,5-6,9-12H2,(H2,17,18,19). The summed E-state index contributed by atoms with van der Waals surface area (Å²) in [5, 5.41) is 5.24. The van der Waals surface area contributed by atoms with E-state index in [-0.39, 0.29) is 18.1 Å². The second kappa shape index (κ2) is 6.75. The van der Waals surface area contributed by atoms with E-state index >= 15 is 0 Å². The molecule has 1 aliphatic carbocycles. The van der Waals surface area contributed by atoms with Gasteiger partial charge in [0.15, 0.2) is 11.6 Å². The van der Waals surface area contributed by atoms with E-state index in [1.54, 1.807) is 18.2 Å². The highest BCUT2D eigenvalue weighted by atomic mass is 32.2. The molecule has 0 amide bonds. The second-order valence-corrected chi connectivity index (χ2v) is 7.55. The maximum absolute atomic E-state index is 13.6. The molecule has 4 nitrogen and oxygen atoms in total. The number of nitrogens with two attached hydrogens (primary N) is 1. The molecule has 6 heteroatoms. The van der Waals surface area contributed by atoms with Crippen molar-refractivity contribution in [1.82, 2.24) is 0 Å². The number of primary sulfonamides is 1. The number of para-hydroxylation sites is 1. The highest BCUT2D eigenvalue weighted by Crippen LogP contribution is 2.37. The Kier molecular flexibility index (Phi) is 5.22. The highest BCUT2D eigenvalue weighted by molar-refractivity contribution is 7.89. The molecule has 1 aromatic carbocycles. The van der Waals surface area contributed by atoms with Gasteiger partial charge in [0.05, 0.1) is 12.4 Å². The number of halogens is 1. The Morgan fingerprint density at radius 2 is 1.76 bits per heavy atom. The molecule has 21 heavy (non-hydrogen) atoms. The Hall–Kier alpha value is -1.14. The molecule has 2 N–H and O–H groups in total.